The first-order valence-corrected chi connectivity index (χ1v) is 11.3. The molecule has 9 heteroatoms. The van der Waals surface area contributed by atoms with E-state index < -0.39 is 15.9 Å². The minimum Gasteiger partial charge on any atom is -0.455 e. The monoisotopic (exact) mass is 419 g/mol. The van der Waals surface area contributed by atoms with Gasteiger partial charge in [-0.2, -0.15) is 4.31 Å². The molecule has 4 rings (SSSR count). The molecular formula is C19H21N3O4S2. The van der Waals surface area contributed by atoms with Gasteiger partial charge in [-0.25, -0.2) is 13.4 Å². The van der Waals surface area contributed by atoms with Crippen LogP contribution in [0.5, 0.6) is 0 Å². The number of amides is 1. The normalized spacial score (nSPS) is 15.4. The molecule has 1 aliphatic rings. The number of hydrogen-bond acceptors (Lipinski definition) is 6. The molecule has 0 unspecified atom stereocenters. The summed E-state index contributed by atoms with van der Waals surface area (Å²) in [6, 6.07) is 5.37. The molecule has 2 aromatic heterocycles. The van der Waals surface area contributed by atoms with Gasteiger partial charge in [-0.05, 0) is 50.8 Å². The van der Waals surface area contributed by atoms with Crippen LogP contribution in [0, 0.1) is 20.8 Å². The zero-order valence-corrected chi connectivity index (χ0v) is 17.5. The molecule has 1 saturated heterocycles. The Hall–Kier alpha value is -2.23. The second-order valence-corrected chi connectivity index (χ2v) is 9.98. The number of furan rings is 1. The maximum Gasteiger partial charge on any atom is 0.293 e. The standard InChI is InChI=1S/C19H21N3O4S2/c1-11-8-12(2)17-15(9-11)27-19(20-17)21-18(23)14-10-16(13(3)26-14)28(24,25)22-6-4-5-7-22/h8-10H,4-7H2,1-3H3,(H,20,21,23). The molecule has 1 fully saturated rings. The molecule has 28 heavy (non-hydrogen) atoms. The molecule has 3 heterocycles. The molecule has 0 radical (unpaired) electrons. The van der Waals surface area contributed by atoms with Crippen molar-refractivity contribution in [3.05, 3.63) is 40.8 Å². The number of nitrogens with one attached hydrogen (secondary N) is 1. The zero-order chi connectivity index (χ0) is 20.1. The first kappa shape index (κ1) is 19.1. The number of nitrogens with zero attached hydrogens (tertiary/aromatic N) is 2. The Morgan fingerprint density at radius 1 is 1.18 bits per heavy atom. The highest BCUT2D eigenvalue weighted by molar-refractivity contribution is 7.89. The summed E-state index contributed by atoms with van der Waals surface area (Å²) in [5.41, 5.74) is 3.02. The quantitative estimate of drug-likeness (QED) is 0.693. The Kier molecular flexibility index (Phi) is 4.76. The van der Waals surface area contributed by atoms with Crippen molar-refractivity contribution in [2.45, 2.75) is 38.5 Å². The first-order valence-electron chi connectivity index (χ1n) is 9.05. The van der Waals surface area contributed by atoms with Gasteiger partial charge in [-0.15, -0.1) is 0 Å². The first-order chi connectivity index (χ1) is 13.3. The predicted molar refractivity (Wildman–Crippen MR) is 108 cm³/mol. The van der Waals surface area contributed by atoms with E-state index in [1.165, 1.54) is 21.7 Å². The summed E-state index contributed by atoms with van der Waals surface area (Å²) in [7, 11) is -3.64. The fraction of sp³-hybridized carbons (Fsp3) is 0.368. The number of aryl methyl sites for hydroxylation is 3. The zero-order valence-electron chi connectivity index (χ0n) is 15.9. The Morgan fingerprint density at radius 3 is 2.61 bits per heavy atom. The fourth-order valence-corrected chi connectivity index (χ4v) is 6.20. The second-order valence-electron chi connectivity index (χ2n) is 7.04. The van der Waals surface area contributed by atoms with Gasteiger partial charge in [0, 0.05) is 19.2 Å². The van der Waals surface area contributed by atoms with E-state index in [0.29, 0.717) is 18.2 Å². The van der Waals surface area contributed by atoms with Crippen LogP contribution < -0.4 is 5.32 Å². The number of hydrogen-bond donors (Lipinski definition) is 1. The Labute approximate surface area is 167 Å². The summed E-state index contributed by atoms with van der Waals surface area (Å²) in [5, 5.41) is 3.17. The van der Waals surface area contributed by atoms with Crippen LogP contribution in [0.4, 0.5) is 5.13 Å². The topological polar surface area (TPSA) is 92.5 Å². The van der Waals surface area contributed by atoms with Crippen molar-refractivity contribution in [1.29, 1.82) is 0 Å². The molecule has 0 spiro atoms. The van der Waals surface area contributed by atoms with E-state index in [4.69, 9.17) is 4.42 Å². The van der Waals surface area contributed by atoms with Gasteiger partial charge in [0.15, 0.2) is 10.9 Å². The van der Waals surface area contributed by atoms with Crippen molar-refractivity contribution in [2.24, 2.45) is 0 Å². The molecule has 1 N–H and O–H groups in total. The summed E-state index contributed by atoms with van der Waals surface area (Å²) in [6.45, 7) is 6.55. The average Bonchev–Trinajstić information content (AvgIpc) is 3.33. The van der Waals surface area contributed by atoms with Gasteiger partial charge in [-0.3, -0.25) is 10.1 Å². The third kappa shape index (κ3) is 3.34. The van der Waals surface area contributed by atoms with Crippen LogP contribution in [0.1, 0.15) is 40.3 Å². The molecule has 148 valence electrons. The number of thiazole rings is 1. The Bertz CT molecular complexity index is 1170. The summed E-state index contributed by atoms with van der Waals surface area (Å²) in [6.07, 6.45) is 1.69. The highest BCUT2D eigenvalue weighted by Crippen LogP contribution is 2.30. The largest absolute Gasteiger partial charge is 0.455 e. The smallest absolute Gasteiger partial charge is 0.293 e. The maximum atomic E-state index is 12.8. The van der Waals surface area contributed by atoms with E-state index in [2.05, 4.69) is 10.3 Å². The summed E-state index contributed by atoms with van der Waals surface area (Å²) < 4.78 is 33.4. The van der Waals surface area contributed by atoms with Crippen LogP contribution in [0.25, 0.3) is 10.2 Å². The SMILES string of the molecule is Cc1cc(C)c2nc(NC(=O)c3cc(S(=O)(=O)N4CCCC4)c(C)o3)sc2c1. The van der Waals surface area contributed by atoms with Gasteiger partial charge in [0.2, 0.25) is 10.0 Å². The molecule has 0 atom stereocenters. The van der Waals surface area contributed by atoms with Crippen molar-refractivity contribution in [3.8, 4) is 0 Å². The molecule has 1 aliphatic heterocycles. The summed E-state index contributed by atoms with van der Waals surface area (Å²) >= 11 is 1.37. The number of benzene rings is 1. The number of carbonyl (C=O) groups excluding carboxylic acids is 1. The van der Waals surface area contributed by atoms with Crippen LogP contribution >= 0.6 is 11.3 Å². The molecule has 1 amide bonds. The number of fused-ring (bicyclic) bond motifs is 1. The second kappa shape index (κ2) is 6.98. The highest BCUT2D eigenvalue weighted by Gasteiger charge is 2.31. The van der Waals surface area contributed by atoms with Gasteiger partial charge in [0.25, 0.3) is 5.91 Å². The van der Waals surface area contributed by atoms with Gasteiger partial charge in [-0.1, -0.05) is 17.4 Å². The van der Waals surface area contributed by atoms with E-state index in [0.717, 1.165) is 34.2 Å². The summed E-state index contributed by atoms with van der Waals surface area (Å²) in [4.78, 5) is 17.1. The predicted octanol–water partition coefficient (Wildman–Crippen LogP) is 3.85. The lowest BCUT2D eigenvalue weighted by atomic mass is 10.1. The minimum atomic E-state index is -3.64. The third-order valence-corrected chi connectivity index (χ3v) is 7.75. The maximum absolute atomic E-state index is 12.8. The molecule has 0 saturated carbocycles. The lowest BCUT2D eigenvalue weighted by Gasteiger charge is -2.14. The van der Waals surface area contributed by atoms with E-state index in [1.54, 1.807) is 6.92 Å². The molecule has 1 aromatic carbocycles. The van der Waals surface area contributed by atoms with Gasteiger partial charge >= 0.3 is 0 Å². The molecule has 7 nitrogen and oxygen atoms in total. The van der Waals surface area contributed by atoms with Crippen LogP contribution in [-0.2, 0) is 10.0 Å². The number of aromatic nitrogens is 1. The Morgan fingerprint density at radius 2 is 1.89 bits per heavy atom. The van der Waals surface area contributed by atoms with E-state index in [1.807, 2.05) is 26.0 Å². The fourth-order valence-electron chi connectivity index (χ4n) is 3.48. The van der Waals surface area contributed by atoms with Gasteiger partial charge in [0.05, 0.1) is 10.2 Å². The van der Waals surface area contributed by atoms with Crippen molar-refractivity contribution in [1.82, 2.24) is 9.29 Å². The van der Waals surface area contributed by atoms with Crippen LogP contribution in [0.2, 0.25) is 0 Å². The van der Waals surface area contributed by atoms with Crippen molar-refractivity contribution < 1.29 is 17.6 Å². The molecule has 0 aliphatic carbocycles. The molecule has 3 aromatic rings. The molecule has 0 bridgehead atoms. The van der Waals surface area contributed by atoms with Crippen molar-refractivity contribution in [3.63, 3.8) is 0 Å². The van der Waals surface area contributed by atoms with Gasteiger partial charge < -0.3 is 4.42 Å². The van der Waals surface area contributed by atoms with Crippen LogP contribution in [0.15, 0.2) is 27.5 Å². The van der Waals surface area contributed by atoms with Crippen LogP contribution in [0.3, 0.4) is 0 Å². The Balaban J connectivity index is 1.60. The average molecular weight is 420 g/mol. The van der Waals surface area contributed by atoms with Gasteiger partial charge in [0.1, 0.15) is 10.7 Å². The highest BCUT2D eigenvalue weighted by atomic mass is 32.2. The van der Waals surface area contributed by atoms with Crippen molar-refractivity contribution in [2.75, 3.05) is 18.4 Å². The number of anilines is 1. The third-order valence-electron chi connectivity index (χ3n) is 4.83. The van der Waals surface area contributed by atoms with E-state index >= 15 is 0 Å². The number of rotatable bonds is 4. The number of sulfonamides is 1. The van der Waals surface area contributed by atoms with E-state index in [-0.39, 0.29) is 16.4 Å². The minimum absolute atomic E-state index is 0.0394. The molecular weight excluding hydrogens is 398 g/mol. The van der Waals surface area contributed by atoms with Crippen molar-refractivity contribution >= 4 is 42.6 Å². The lowest BCUT2D eigenvalue weighted by molar-refractivity contribution is 0.0995. The van der Waals surface area contributed by atoms with Crippen LogP contribution in [-0.4, -0.2) is 36.7 Å². The summed E-state index contributed by atoms with van der Waals surface area (Å²) in [5.74, 6) is -0.338. The lowest BCUT2D eigenvalue weighted by Crippen LogP contribution is -2.28. The number of carbonyl (C=O) groups is 1. The van der Waals surface area contributed by atoms with E-state index in [9.17, 15) is 13.2 Å².